The number of fused-ring (bicyclic) bond motifs is 6. The van der Waals surface area contributed by atoms with Crippen molar-refractivity contribution in [1.82, 2.24) is 45.2 Å². The number of piperazine rings is 1. The minimum absolute atomic E-state index is 0.0209. The van der Waals surface area contributed by atoms with E-state index in [1.807, 2.05) is 7.05 Å². The number of carbonyl (C=O) groups is 2. The van der Waals surface area contributed by atoms with E-state index in [9.17, 15) is 35.9 Å². The van der Waals surface area contributed by atoms with E-state index in [4.69, 9.17) is 11.5 Å². The molecule has 0 radical (unpaired) electrons. The van der Waals surface area contributed by atoms with Crippen LogP contribution in [0.15, 0.2) is 53.3 Å². The molecule has 0 bridgehead atoms. The Hall–Kier alpha value is -7.02. The monoisotopic (exact) mass is 956 g/mol. The van der Waals surface area contributed by atoms with Gasteiger partial charge < -0.3 is 41.4 Å². The molecule has 3 aliphatic rings. The van der Waals surface area contributed by atoms with Crippen LogP contribution in [-0.4, -0.2) is 103 Å². The topological polar surface area (TPSA) is 244 Å². The van der Waals surface area contributed by atoms with Crippen LogP contribution >= 0.6 is 15.9 Å². The summed E-state index contributed by atoms with van der Waals surface area (Å²) < 4.78 is 86.1. The highest BCUT2D eigenvalue weighted by atomic mass is 79.9. The SMILES string of the molecule is CN1CCN(c2ccc(OC(F)(F)F)c(Nc3ncc4c(n3)-c3n[nH]c(C(N)=O)c3CC4)c2)CC1.NC(=O)c1[nH]nc2c1CCc1cnc(Nc3cc(Br)ccc3OC(F)(F)F)nc1-2. The zero-order valence-electron chi connectivity index (χ0n) is 33.3. The molecule has 64 heavy (non-hydrogen) atoms. The van der Waals surface area contributed by atoms with E-state index in [-0.39, 0.29) is 34.7 Å². The number of halogens is 7. The number of anilines is 5. The number of likely N-dealkylation sites (N-methyl/N-ethyl adjacent to an activating group) is 1. The Kier molecular flexibility index (Phi) is 11.8. The summed E-state index contributed by atoms with van der Waals surface area (Å²) in [6.07, 6.45) is -4.32. The molecule has 2 aliphatic carbocycles. The molecule has 9 rings (SSSR count). The van der Waals surface area contributed by atoms with Gasteiger partial charge >= 0.3 is 12.7 Å². The second kappa shape index (κ2) is 17.3. The number of amides is 2. The molecule has 0 atom stereocenters. The van der Waals surface area contributed by atoms with Crippen molar-refractivity contribution in [1.29, 1.82) is 0 Å². The van der Waals surface area contributed by atoms with Gasteiger partial charge in [-0.05, 0) is 80.3 Å². The number of H-pyrrole nitrogens is 2. The third kappa shape index (κ3) is 9.63. The van der Waals surface area contributed by atoms with Crippen LogP contribution in [0, 0.1) is 0 Å². The predicted octanol–water partition coefficient (Wildman–Crippen LogP) is 5.93. The molecule has 2 amide bonds. The lowest BCUT2D eigenvalue weighted by Crippen LogP contribution is -2.44. The van der Waals surface area contributed by atoms with Crippen LogP contribution in [0.25, 0.3) is 22.8 Å². The van der Waals surface area contributed by atoms with Crippen LogP contribution in [-0.2, 0) is 25.7 Å². The Morgan fingerprint density at radius 3 is 1.62 bits per heavy atom. The van der Waals surface area contributed by atoms with Crippen molar-refractivity contribution in [2.45, 2.75) is 38.4 Å². The van der Waals surface area contributed by atoms with Gasteiger partial charge in [0.2, 0.25) is 11.9 Å². The first-order valence-electron chi connectivity index (χ1n) is 19.3. The van der Waals surface area contributed by atoms with Crippen molar-refractivity contribution in [2.75, 3.05) is 48.8 Å². The van der Waals surface area contributed by atoms with Crippen molar-refractivity contribution in [3.05, 3.63) is 86.9 Å². The number of hydrogen-bond acceptors (Lipinski definition) is 14. The number of carbonyl (C=O) groups excluding carboxylic acids is 2. The lowest BCUT2D eigenvalue weighted by molar-refractivity contribution is -0.275. The normalized spacial score (nSPS) is 14.5. The number of rotatable bonds is 9. The van der Waals surface area contributed by atoms with E-state index < -0.39 is 36.0 Å². The van der Waals surface area contributed by atoms with E-state index in [0.717, 1.165) is 43.0 Å². The van der Waals surface area contributed by atoms with Crippen LogP contribution in [0.5, 0.6) is 11.5 Å². The Balaban J connectivity index is 0.000000178. The van der Waals surface area contributed by atoms with Gasteiger partial charge in [0.1, 0.15) is 22.8 Å². The number of hydrogen-bond donors (Lipinski definition) is 6. The van der Waals surface area contributed by atoms with Gasteiger partial charge in [-0.25, -0.2) is 19.9 Å². The van der Waals surface area contributed by atoms with Gasteiger partial charge in [-0.1, -0.05) is 15.9 Å². The summed E-state index contributed by atoms with van der Waals surface area (Å²) in [5.41, 5.74) is 16.9. The highest BCUT2D eigenvalue weighted by Gasteiger charge is 2.34. The molecule has 5 heterocycles. The number of primary amides is 2. The first kappa shape index (κ1) is 43.6. The Bertz CT molecular complexity index is 2750. The van der Waals surface area contributed by atoms with Crippen molar-refractivity contribution in [3.63, 3.8) is 0 Å². The standard InChI is InChI=1S/C22H23F3N8O2.C17H12BrF3N6O2/c1-32-6-8-33(9-7-32)13-3-5-16(35-22(23,24)25)15(10-13)28-21-27-11-12-2-4-14-18(17(12)29-21)30-31-19(14)20(26)34;18-8-2-4-11(29-17(19,20)21)10(5-8)24-16-23-6-7-1-3-9-13(12(7)25-16)26-27-14(9)15(22)28/h3,5,10-11H,2,4,6-9H2,1H3,(H2,26,34)(H,30,31)(H,27,28,29);2,4-6H,1,3H2,(H2,22,28)(H,26,27)(H,23,24,25). The largest absolute Gasteiger partial charge is 0.573 e. The molecular weight excluding hydrogens is 922 g/mol. The Morgan fingerprint density at radius 2 is 1.16 bits per heavy atom. The minimum atomic E-state index is -4.86. The van der Waals surface area contributed by atoms with Gasteiger partial charge in [-0.15, -0.1) is 26.3 Å². The molecule has 0 saturated carbocycles. The maximum atomic E-state index is 13.1. The zero-order valence-corrected chi connectivity index (χ0v) is 34.9. The molecule has 1 aliphatic heterocycles. The maximum absolute atomic E-state index is 13.1. The molecule has 25 heteroatoms. The molecule has 0 unspecified atom stereocenters. The molecule has 6 aromatic rings. The number of aromatic nitrogens is 8. The van der Waals surface area contributed by atoms with Gasteiger partial charge in [-0.3, -0.25) is 19.8 Å². The van der Waals surface area contributed by atoms with Gasteiger partial charge in [0, 0.05) is 59.9 Å². The number of alkyl halides is 6. The van der Waals surface area contributed by atoms with Gasteiger partial charge in [0.05, 0.1) is 22.8 Å². The third-order valence-electron chi connectivity index (χ3n) is 10.4. The molecule has 1 fully saturated rings. The fourth-order valence-corrected chi connectivity index (χ4v) is 7.75. The average Bonchev–Trinajstić information content (AvgIpc) is 3.88. The summed E-state index contributed by atoms with van der Waals surface area (Å²) >= 11 is 3.21. The molecular formula is C39H35BrF6N14O4. The molecule has 2 aromatic carbocycles. The van der Waals surface area contributed by atoms with Gasteiger partial charge in [0.15, 0.2) is 11.5 Å². The van der Waals surface area contributed by atoms with E-state index in [2.05, 4.69) is 86.2 Å². The number of nitrogens with zero attached hydrogens (tertiary/aromatic N) is 8. The molecule has 4 aromatic heterocycles. The fraction of sp³-hybridized carbons (Fsp3) is 0.282. The third-order valence-corrected chi connectivity index (χ3v) is 10.9. The highest BCUT2D eigenvalue weighted by molar-refractivity contribution is 9.10. The second-order valence-corrected chi connectivity index (χ2v) is 15.6. The summed E-state index contributed by atoms with van der Waals surface area (Å²) in [7, 11) is 2.02. The van der Waals surface area contributed by atoms with E-state index in [0.29, 0.717) is 64.1 Å². The number of aromatic amines is 2. The first-order chi connectivity index (χ1) is 30.4. The summed E-state index contributed by atoms with van der Waals surface area (Å²) in [6, 6.07) is 8.49. The summed E-state index contributed by atoms with van der Waals surface area (Å²) in [5, 5.41) is 19.2. The Morgan fingerprint density at radius 1 is 0.688 bits per heavy atom. The molecule has 1 saturated heterocycles. The van der Waals surface area contributed by atoms with E-state index in [1.54, 1.807) is 24.5 Å². The number of ether oxygens (including phenoxy) is 2. The van der Waals surface area contributed by atoms with Gasteiger partial charge in [-0.2, -0.15) is 10.2 Å². The molecule has 0 spiro atoms. The van der Waals surface area contributed by atoms with Crippen LogP contribution in [0.4, 0.5) is 55.3 Å². The van der Waals surface area contributed by atoms with Crippen molar-refractivity contribution < 1.29 is 45.4 Å². The van der Waals surface area contributed by atoms with Crippen molar-refractivity contribution in [2.24, 2.45) is 11.5 Å². The van der Waals surface area contributed by atoms with Crippen molar-refractivity contribution >= 4 is 56.7 Å². The predicted molar refractivity (Wildman–Crippen MR) is 221 cm³/mol. The molecule has 8 N–H and O–H groups in total. The highest BCUT2D eigenvalue weighted by Crippen LogP contribution is 2.39. The summed E-state index contributed by atoms with van der Waals surface area (Å²) in [6.45, 7) is 3.18. The van der Waals surface area contributed by atoms with E-state index >= 15 is 0 Å². The minimum Gasteiger partial charge on any atom is -0.404 e. The average molecular weight is 958 g/mol. The first-order valence-corrected chi connectivity index (χ1v) is 20.1. The number of nitrogens with one attached hydrogen (secondary N) is 4. The zero-order chi connectivity index (χ0) is 45.5. The van der Waals surface area contributed by atoms with Crippen LogP contribution in [0.2, 0.25) is 0 Å². The number of benzene rings is 2. The maximum Gasteiger partial charge on any atom is 0.573 e. The van der Waals surface area contributed by atoms with Crippen LogP contribution in [0.3, 0.4) is 0 Å². The fourth-order valence-electron chi connectivity index (χ4n) is 7.39. The molecule has 334 valence electrons. The van der Waals surface area contributed by atoms with Crippen LogP contribution in [0.1, 0.15) is 43.2 Å². The van der Waals surface area contributed by atoms with Crippen LogP contribution < -0.4 is 36.5 Å². The molecule has 18 nitrogen and oxygen atoms in total. The summed E-state index contributed by atoms with van der Waals surface area (Å²) in [5.74, 6) is -1.96. The second-order valence-electron chi connectivity index (χ2n) is 14.7. The van der Waals surface area contributed by atoms with E-state index in [1.165, 1.54) is 24.3 Å². The Labute approximate surface area is 366 Å². The summed E-state index contributed by atoms with van der Waals surface area (Å²) in [4.78, 5) is 44.8. The van der Waals surface area contributed by atoms with Crippen molar-refractivity contribution in [3.8, 4) is 34.3 Å². The lowest BCUT2D eigenvalue weighted by Gasteiger charge is -2.34. The number of aryl methyl sites for hydroxylation is 2. The smallest absolute Gasteiger partial charge is 0.404 e. The van der Waals surface area contributed by atoms with Gasteiger partial charge in [0.25, 0.3) is 11.8 Å². The number of nitrogens with two attached hydrogens (primary N) is 2. The quantitative estimate of drug-likeness (QED) is 0.0921. The lowest BCUT2D eigenvalue weighted by atomic mass is 9.93.